The third-order valence-electron chi connectivity index (χ3n) is 4.64. The maximum atomic E-state index is 6.03. The van der Waals surface area contributed by atoms with Crippen LogP contribution in [-0.4, -0.2) is 53.9 Å². The van der Waals surface area contributed by atoms with Crippen LogP contribution < -0.4 is 5.73 Å². The molecule has 1 saturated carbocycles. The van der Waals surface area contributed by atoms with E-state index in [1.165, 1.54) is 12.8 Å². The number of hydrogen-bond donors (Lipinski definition) is 1. The van der Waals surface area contributed by atoms with Gasteiger partial charge in [0.2, 0.25) is 0 Å². The van der Waals surface area contributed by atoms with Crippen molar-refractivity contribution in [1.29, 1.82) is 0 Å². The molecular weight excluding hydrogens is 260 g/mol. The number of nitrogens with two attached hydrogens (primary N) is 1. The molecule has 2 N–H and O–H groups in total. The molecule has 19 heavy (non-hydrogen) atoms. The zero-order valence-corrected chi connectivity index (χ0v) is 12.3. The first-order chi connectivity index (χ1) is 9.19. The Morgan fingerprint density at radius 3 is 2.74 bits per heavy atom. The van der Waals surface area contributed by atoms with E-state index in [1.54, 1.807) is 0 Å². The van der Waals surface area contributed by atoms with Gasteiger partial charge in [-0.05, 0) is 25.7 Å². The standard InChI is InChI=1S/C14H24N2O2S/c15-13(19)3-6-16(11-1-2-11)12-4-7-18-14(9-12)5-8-17-10-14/h11-12H,1-10H2,(H2,15,19). The van der Waals surface area contributed by atoms with Crippen LogP contribution in [0.25, 0.3) is 0 Å². The summed E-state index contributed by atoms with van der Waals surface area (Å²) < 4.78 is 11.6. The molecule has 4 nitrogen and oxygen atoms in total. The van der Waals surface area contributed by atoms with Crippen molar-refractivity contribution in [1.82, 2.24) is 4.90 Å². The van der Waals surface area contributed by atoms with Crippen LogP contribution in [0.15, 0.2) is 0 Å². The van der Waals surface area contributed by atoms with Gasteiger partial charge in [-0.25, -0.2) is 0 Å². The number of hydrogen-bond acceptors (Lipinski definition) is 4. The van der Waals surface area contributed by atoms with Crippen molar-refractivity contribution in [2.75, 3.05) is 26.4 Å². The molecule has 0 radical (unpaired) electrons. The predicted molar refractivity (Wildman–Crippen MR) is 78.3 cm³/mol. The smallest absolute Gasteiger partial charge is 0.0951 e. The Morgan fingerprint density at radius 2 is 2.11 bits per heavy atom. The molecule has 0 bridgehead atoms. The summed E-state index contributed by atoms with van der Waals surface area (Å²) in [6, 6.07) is 1.38. The quantitative estimate of drug-likeness (QED) is 0.775. The fourth-order valence-corrected chi connectivity index (χ4v) is 3.55. The van der Waals surface area contributed by atoms with Gasteiger partial charge in [-0.15, -0.1) is 0 Å². The van der Waals surface area contributed by atoms with E-state index in [2.05, 4.69) is 4.90 Å². The number of nitrogens with zero attached hydrogens (tertiary/aromatic N) is 1. The second-order valence-corrected chi connectivity index (χ2v) is 6.69. The lowest BCUT2D eigenvalue weighted by Gasteiger charge is -2.42. The van der Waals surface area contributed by atoms with Crippen LogP contribution in [0.1, 0.15) is 38.5 Å². The van der Waals surface area contributed by atoms with Crippen LogP contribution in [0, 0.1) is 0 Å². The van der Waals surface area contributed by atoms with Crippen molar-refractivity contribution in [2.24, 2.45) is 5.73 Å². The third kappa shape index (κ3) is 3.27. The summed E-state index contributed by atoms with van der Waals surface area (Å²) in [6.07, 6.45) is 6.80. The Balaban J connectivity index is 1.62. The Morgan fingerprint density at radius 1 is 1.26 bits per heavy atom. The summed E-state index contributed by atoms with van der Waals surface area (Å²) in [7, 11) is 0. The SMILES string of the molecule is NC(=S)CCN(C1CC1)C1CCOC2(CCOC2)C1. The van der Waals surface area contributed by atoms with Crippen LogP contribution in [-0.2, 0) is 9.47 Å². The maximum Gasteiger partial charge on any atom is 0.0951 e. The van der Waals surface area contributed by atoms with Gasteiger partial charge in [0.1, 0.15) is 0 Å². The molecule has 3 fully saturated rings. The fraction of sp³-hybridized carbons (Fsp3) is 0.929. The van der Waals surface area contributed by atoms with Gasteiger partial charge in [0, 0.05) is 44.7 Å². The first-order valence-electron chi connectivity index (χ1n) is 7.44. The summed E-state index contributed by atoms with van der Waals surface area (Å²) in [5.41, 5.74) is 5.67. The van der Waals surface area contributed by atoms with Crippen LogP contribution in [0.5, 0.6) is 0 Å². The van der Waals surface area contributed by atoms with E-state index < -0.39 is 0 Å². The zero-order chi connectivity index (χ0) is 13.3. The fourth-order valence-electron chi connectivity index (χ4n) is 3.46. The topological polar surface area (TPSA) is 47.7 Å². The molecule has 2 aliphatic heterocycles. The van der Waals surface area contributed by atoms with Crippen LogP contribution in [0.3, 0.4) is 0 Å². The first kappa shape index (κ1) is 13.7. The van der Waals surface area contributed by atoms with Crippen molar-refractivity contribution < 1.29 is 9.47 Å². The summed E-state index contributed by atoms with van der Waals surface area (Å²) >= 11 is 5.03. The molecule has 108 valence electrons. The zero-order valence-electron chi connectivity index (χ0n) is 11.5. The molecule has 0 aromatic carbocycles. The van der Waals surface area contributed by atoms with Gasteiger partial charge >= 0.3 is 0 Å². The highest BCUT2D eigenvalue weighted by Crippen LogP contribution is 2.38. The van der Waals surface area contributed by atoms with Gasteiger partial charge in [0.15, 0.2) is 0 Å². The monoisotopic (exact) mass is 284 g/mol. The Hall–Kier alpha value is -0.230. The van der Waals surface area contributed by atoms with Crippen molar-refractivity contribution in [3.8, 4) is 0 Å². The van der Waals surface area contributed by atoms with E-state index in [0.29, 0.717) is 11.0 Å². The molecule has 3 aliphatic rings. The van der Waals surface area contributed by atoms with Gasteiger partial charge < -0.3 is 15.2 Å². The molecular formula is C14H24N2O2S. The average Bonchev–Trinajstić information content (AvgIpc) is 3.12. The van der Waals surface area contributed by atoms with Crippen molar-refractivity contribution in [3.63, 3.8) is 0 Å². The Labute approximate surface area is 120 Å². The average molecular weight is 284 g/mol. The van der Waals surface area contributed by atoms with Gasteiger partial charge in [-0.2, -0.15) is 0 Å². The molecule has 5 heteroatoms. The number of thiocarbonyl (C=S) groups is 1. The lowest BCUT2D eigenvalue weighted by atomic mass is 9.88. The van der Waals surface area contributed by atoms with E-state index in [4.69, 9.17) is 27.4 Å². The van der Waals surface area contributed by atoms with Gasteiger partial charge in [0.25, 0.3) is 0 Å². The van der Waals surface area contributed by atoms with Gasteiger partial charge in [0.05, 0.1) is 17.2 Å². The normalized spacial score (nSPS) is 35.1. The van der Waals surface area contributed by atoms with Gasteiger partial charge in [-0.1, -0.05) is 12.2 Å². The minimum atomic E-state index is -0.000714. The van der Waals surface area contributed by atoms with Crippen molar-refractivity contribution >= 4 is 17.2 Å². The predicted octanol–water partition coefficient (Wildman–Crippen LogP) is 1.47. The molecule has 2 atom stereocenters. The van der Waals surface area contributed by atoms with E-state index >= 15 is 0 Å². The highest BCUT2D eigenvalue weighted by molar-refractivity contribution is 7.80. The van der Waals surface area contributed by atoms with Crippen LogP contribution in [0.2, 0.25) is 0 Å². The second-order valence-electron chi connectivity index (χ2n) is 6.17. The Bertz CT molecular complexity index is 340. The highest BCUT2D eigenvalue weighted by atomic mass is 32.1. The molecule has 0 aromatic rings. The summed E-state index contributed by atoms with van der Waals surface area (Å²) in [5, 5.41) is 0. The number of ether oxygens (including phenoxy) is 2. The largest absolute Gasteiger partial charge is 0.393 e. The van der Waals surface area contributed by atoms with Crippen LogP contribution in [0.4, 0.5) is 0 Å². The minimum absolute atomic E-state index is 0.000714. The molecule has 2 unspecified atom stereocenters. The highest BCUT2D eigenvalue weighted by Gasteiger charge is 2.44. The molecule has 0 aromatic heterocycles. The summed E-state index contributed by atoms with van der Waals surface area (Å²) in [5.74, 6) is 0. The minimum Gasteiger partial charge on any atom is -0.393 e. The molecule has 2 heterocycles. The van der Waals surface area contributed by atoms with Crippen molar-refractivity contribution in [3.05, 3.63) is 0 Å². The summed E-state index contributed by atoms with van der Waals surface area (Å²) in [6.45, 7) is 3.51. The maximum absolute atomic E-state index is 6.03. The van der Waals surface area contributed by atoms with Crippen LogP contribution >= 0.6 is 12.2 Å². The van der Waals surface area contributed by atoms with Crippen molar-refractivity contribution in [2.45, 2.75) is 56.2 Å². The molecule has 1 spiro atoms. The molecule has 0 amide bonds. The summed E-state index contributed by atoms with van der Waals surface area (Å²) in [4.78, 5) is 3.28. The second kappa shape index (κ2) is 5.64. The molecule has 2 saturated heterocycles. The Kier molecular flexibility index (Phi) is 4.08. The van der Waals surface area contributed by atoms with E-state index in [1.807, 2.05) is 0 Å². The molecule has 1 aliphatic carbocycles. The van der Waals surface area contributed by atoms with E-state index in [-0.39, 0.29) is 5.60 Å². The lowest BCUT2D eigenvalue weighted by Crippen LogP contribution is -2.50. The van der Waals surface area contributed by atoms with Gasteiger partial charge in [-0.3, -0.25) is 4.90 Å². The third-order valence-corrected chi connectivity index (χ3v) is 4.84. The first-order valence-corrected chi connectivity index (χ1v) is 7.85. The van der Waals surface area contributed by atoms with E-state index in [0.717, 1.165) is 58.1 Å². The lowest BCUT2D eigenvalue weighted by molar-refractivity contribution is -0.107. The molecule has 3 rings (SSSR count). The number of rotatable bonds is 5. The van der Waals surface area contributed by atoms with E-state index in [9.17, 15) is 0 Å².